The van der Waals surface area contributed by atoms with Crippen molar-refractivity contribution in [2.24, 2.45) is 0 Å². The first-order valence-electron chi connectivity index (χ1n) is 9.83. The summed E-state index contributed by atoms with van der Waals surface area (Å²) < 4.78 is 7.17. The summed E-state index contributed by atoms with van der Waals surface area (Å²) in [4.78, 5) is 34.3. The minimum atomic E-state index is -0.167. The van der Waals surface area contributed by atoms with E-state index >= 15 is 0 Å². The Morgan fingerprint density at radius 1 is 1.23 bits per heavy atom. The lowest BCUT2D eigenvalue weighted by Gasteiger charge is -2.15. The van der Waals surface area contributed by atoms with E-state index < -0.39 is 0 Å². The Kier molecular flexibility index (Phi) is 4.46. The highest BCUT2D eigenvalue weighted by atomic mass is 16.5. The van der Waals surface area contributed by atoms with Gasteiger partial charge in [-0.3, -0.25) is 19.4 Å². The number of pyridine rings is 1. The molecule has 3 amide bonds. The van der Waals surface area contributed by atoms with Crippen LogP contribution in [0.2, 0.25) is 0 Å². The fourth-order valence-corrected chi connectivity index (χ4v) is 3.88. The average molecular weight is 407 g/mol. The normalized spacial score (nSPS) is 19.2. The maximum atomic E-state index is 12.9. The predicted octanol–water partition coefficient (Wildman–Crippen LogP) is 1.89. The molecule has 2 aliphatic rings. The van der Waals surface area contributed by atoms with Crippen LogP contribution < -0.4 is 4.90 Å². The Labute approximate surface area is 172 Å². The van der Waals surface area contributed by atoms with Gasteiger partial charge in [0.15, 0.2) is 11.5 Å². The van der Waals surface area contributed by atoms with Crippen molar-refractivity contribution in [3.63, 3.8) is 0 Å². The van der Waals surface area contributed by atoms with Crippen LogP contribution in [0.4, 0.5) is 10.5 Å². The molecule has 1 atom stereocenters. The number of carbonyl (C=O) groups is 2. The van der Waals surface area contributed by atoms with E-state index in [0.29, 0.717) is 31.9 Å². The smallest absolute Gasteiger partial charge is 0.324 e. The molecule has 154 valence electrons. The second-order valence-electron chi connectivity index (χ2n) is 7.55. The van der Waals surface area contributed by atoms with E-state index in [2.05, 4.69) is 15.2 Å². The van der Waals surface area contributed by atoms with Gasteiger partial charge in [-0.25, -0.2) is 4.79 Å². The van der Waals surface area contributed by atoms with E-state index in [1.807, 2.05) is 16.9 Å². The molecular weight excluding hydrogens is 386 g/mol. The molecule has 2 saturated heterocycles. The summed E-state index contributed by atoms with van der Waals surface area (Å²) in [6.45, 7) is 2.50. The number of carbonyl (C=O) groups excluding carboxylic acids is 2. The first kappa shape index (κ1) is 18.3. The van der Waals surface area contributed by atoms with E-state index in [0.717, 1.165) is 17.7 Å². The van der Waals surface area contributed by atoms with Crippen molar-refractivity contribution in [3.8, 4) is 11.3 Å². The Bertz CT molecular complexity index is 1080. The number of likely N-dealkylation sites (tertiary alicyclic amines) is 1. The van der Waals surface area contributed by atoms with Crippen LogP contribution in [-0.2, 0) is 0 Å². The number of urea groups is 1. The highest BCUT2D eigenvalue weighted by Gasteiger charge is 2.32. The monoisotopic (exact) mass is 407 g/mol. The van der Waals surface area contributed by atoms with Crippen molar-refractivity contribution in [1.29, 1.82) is 0 Å². The molecule has 0 radical (unpaired) electrons. The summed E-state index contributed by atoms with van der Waals surface area (Å²) in [5.74, 6) is 0.347. The number of nitrogens with zero attached hydrogens (tertiary/aromatic N) is 7. The maximum Gasteiger partial charge on any atom is 0.324 e. The molecule has 2 aliphatic heterocycles. The van der Waals surface area contributed by atoms with Crippen LogP contribution in [0.1, 0.15) is 23.0 Å². The second-order valence-corrected chi connectivity index (χ2v) is 7.55. The third-order valence-corrected chi connectivity index (χ3v) is 5.62. The van der Waals surface area contributed by atoms with Gasteiger partial charge < -0.3 is 14.3 Å². The zero-order chi connectivity index (χ0) is 20.7. The molecule has 3 aromatic heterocycles. The van der Waals surface area contributed by atoms with Crippen molar-refractivity contribution in [3.05, 3.63) is 48.7 Å². The number of hydrogen-bond acceptors (Lipinski definition) is 6. The molecule has 2 fully saturated rings. The van der Waals surface area contributed by atoms with Gasteiger partial charge in [-0.2, -0.15) is 5.10 Å². The summed E-state index contributed by atoms with van der Waals surface area (Å²) >= 11 is 0. The fraction of sp³-hybridized carbons (Fsp3) is 0.350. The SMILES string of the molecule is CN1CCN(c2cnn(C3CCN(C(=O)c4cc(-c5cccnc5)on4)C3)c2)C1=O. The van der Waals surface area contributed by atoms with Gasteiger partial charge >= 0.3 is 6.03 Å². The van der Waals surface area contributed by atoms with Gasteiger partial charge in [0.2, 0.25) is 0 Å². The number of anilines is 1. The molecular formula is C20H21N7O3. The molecule has 0 N–H and O–H groups in total. The fourth-order valence-electron chi connectivity index (χ4n) is 3.88. The van der Waals surface area contributed by atoms with Crippen LogP contribution >= 0.6 is 0 Å². The van der Waals surface area contributed by atoms with Gasteiger partial charge in [0, 0.05) is 63.4 Å². The quantitative estimate of drug-likeness (QED) is 0.655. The number of aromatic nitrogens is 4. The molecule has 10 heteroatoms. The molecule has 0 aromatic carbocycles. The lowest BCUT2D eigenvalue weighted by Crippen LogP contribution is -2.29. The van der Waals surface area contributed by atoms with E-state index in [4.69, 9.17) is 4.52 Å². The Balaban J connectivity index is 1.26. The van der Waals surface area contributed by atoms with Crippen molar-refractivity contribution in [2.45, 2.75) is 12.5 Å². The summed E-state index contributed by atoms with van der Waals surface area (Å²) in [6.07, 6.45) is 7.72. The Morgan fingerprint density at radius 2 is 2.13 bits per heavy atom. The third-order valence-electron chi connectivity index (χ3n) is 5.62. The van der Waals surface area contributed by atoms with Crippen molar-refractivity contribution < 1.29 is 14.1 Å². The number of rotatable bonds is 4. The van der Waals surface area contributed by atoms with Crippen LogP contribution in [0.3, 0.4) is 0 Å². The second kappa shape index (κ2) is 7.29. The number of amides is 3. The number of likely N-dealkylation sites (N-methyl/N-ethyl adjacent to an activating group) is 1. The molecule has 5 rings (SSSR count). The van der Waals surface area contributed by atoms with Crippen LogP contribution in [0, 0.1) is 0 Å². The molecule has 10 nitrogen and oxygen atoms in total. The largest absolute Gasteiger partial charge is 0.355 e. The van der Waals surface area contributed by atoms with Gasteiger partial charge in [-0.1, -0.05) is 5.16 Å². The third kappa shape index (κ3) is 3.19. The van der Waals surface area contributed by atoms with Crippen molar-refractivity contribution in [2.75, 3.05) is 38.1 Å². The van der Waals surface area contributed by atoms with E-state index in [1.165, 1.54) is 0 Å². The van der Waals surface area contributed by atoms with Gasteiger partial charge in [0.1, 0.15) is 0 Å². The van der Waals surface area contributed by atoms with Crippen LogP contribution in [0.5, 0.6) is 0 Å². The van der Waals surface area contributed by atoms with Crippen LogP contribution in [0.15, 0.2) is 47.5 Å². The van der Waals surface area contributed by atoms with E-state index in [-0.39, 0.29) is 23.7 Å². The zero-order valence-corrected chi connectivity index (χ0v) is 16.5. The van der Waals surface area contributed by atoms with Gasteiger partial charge in [-0.05, 0) is 18.6 Å². The van der Waals surface area contributed by atoms with E-state index in [9.17, 15) is 9.59 Å². The van der Waals surface area contributed by atoms with E-state index in [1.54, 1.807) is 52.5 Å². The lowest BCUT2D eigenvalue weighted by atomic mass is 10.2. The highest BCUT2D eigenvalue weighted by molar-refractivity contribution is 5.94. The predicted molar refractivity (Wildman–Crippen MR) is 107 cm³/mol. The molecule has 0 spiro atoms. The van der Waals surface area contributed by atoms with Gasteiger partial charge in [0.25, 0.3) is 5.91 Å². The average Bonchev–Trinajstić information content (AvgIpc) is 3.56. The topological polar surface area (TPSA) is 101 Å². The van der Waals surface area contributed by atoms with Crippen LogP contribution in [0.25, 0.3) is 11.3 Å². The molecule has 30 heavy (non-hydrogen) atoms. The molecule has 3 aromatic rings. The summed E-state index contributed by atoms with van der Waals surface area (Å²) in [6, 6.07) is 5.34. The van der Waals surface area contributed by atoms with Gasteiger partial charge in [-0.15, -0.1) is 0 Å². The minimum Gasteiger partial charge on any atom is -0.355 e. The first-order valence-corrected chi connectivity index (χ1v) is 9.83. The summed E-state index contributed by atoms with van der Waals surface area (Å²) in [7, 11) is 1.79. The summed E-state index contributed by atoms with van der Waals surface area (Å²) in [5, 5.41) is 8.38. The first-order chi connectivity index (χ1) is 14.6. The molecule has 0 aliphatic carbocycles. The molecule has 5 heterocycles. The standard InChI is InChI=1S/C20H21N7O3/c1-24-7-8-26(20(24)29)16-11-22-27(13-16)15-4-6-25(12-15)19(28)17-9-18(30-23-17)14-3-2-5-21-10-14/h2-3,5,9-11,13,15H,4,6-8,12H2,1H3. The Morgan fingerprint density at radius 3 is 2.90 bits per heavy atom. The number of hydrogen-bond donors (Lipinski definition) is 0. The lowest BCUT2D eigenvalue weighted by molar-refractivity contribution is 0.0777. The zero-order valence-electron chi connectivity index (χ0n) is 16.5. The Hall–Kier alpha value is -3.69. The van der Waals surface area contributed by atoms with Crippen molar-refractivity contribution in [1.82, 2.24) is 29.7 Å². The maximum absolute atomic E-state index is 12.9. The minimum absolute atomic E-state index is 0.0202. The molecule has 0 bridgehead atoms. The van der Waals surface area contributed by atoms with Crippen LogP contribution in [-0.4, -0.2) is 74.9 Å². The van der Waals surface area contributed by atoms with Crippen molar-refractivity contribution >= 4 is 17.6 Å². The summed E-state index contributed by atoms with van der Waals surface area (Å²) in [5.41, 5.74) is 1.84. The van der Waals surface area contributed by atoms with Gasteiger partial charge in [0.05, 0.1) is 17.9 Å². The molecule has 1 unspecified atom stereocenters. The highest BCUT2D eigenvalue weighted by Crippen LogP contribution is 2.27. The molecule has 0 saturated carbocycles.